The van der Waals surface area contributed by atoms with Gasteiger partial charge in [-0.05, 0) is 6.07 Å². The molecule has 0 saturated carbocycles. The molecule has 1 aromatic carbocycles. The molecule has 20 heavy (non-hydrogen) atoms. The first-order valence-corrected chi connectivity index (χ1v) is 6.07. The molecule has 1 amide bonds. The second-order valence-electron chi connectivity index (χ2n) is 3.75. The minimum absolute atomic E-state index is 0.0348. The first-order chi connectivity index (χ1) is 9.60. The molecule has 7 nitrogen and oxygen atoms in total. The predicted octanol–water partition coefficient (Wildman–Crippen LogP) is 2.23. The third-order valence-corrected chi connectivity index (χ3v) is 2.62. The van der Waals surface area contributed by atoms with Gasteiger partial charge in [-0.15, -0.1) is 11.6 Å². The Hall–Kier alpha value is -2.54. The summed E-state index contributed by atoms with van der Waals surface area (Å²) in [6.07, 6.45) is 1.45. The Labute approximate surface area is 118 Å². The Morgan fingerprint density at radius 1 is 1.40 bits per heavy atom. The number of carbonyl (C=O) groups excluding carboxylic acids is 1. The number of nitro groups is 1. The summed E-state index contributed by atoms with van der Waals surface area (Å²) >= 11 is 5.37. The molecule has 0 unspecified atom stereocenters. The van der Waals surface area contributed by atoms with Crippen LogP contribution in [0.1, 0.15) is 0 Å². The van der Waals surface area contributed by atoms with Gasteiger partial charge in [-0.3, -0.25) is 20.2 Å². The molecular weight excluding hydrogens is 284 g/mol. The average Bonchev–Trinajstić information content (AvgIpc) is 2.47. The van der Waals surface area contributed by atoms with Crippen molar-refractivity contribution in [1.82, 2.24) is 9.97 Å². The van der Waals surface area contributed by atoms with E-state index >= 15 is 0 Å². The van der Waals surface area contributed by atoms with E-state index in [1.165, 1.54) is 18.3 Å². The molecular formula is C12H9ClN4O3. The maximum atomic E-state index is 11.2. The minimum Gasteiger partial charge on any atom is -0.293 e. The Morgan fingerprint density at radius 2 is 2.20 bits per heavy atom. The van der Waals surface area contributed by atoms with E-state index < -0.39 is 10.8 Å². The zero-order valence-corrected chi connectivity index (χ0v) is 10.9. The number of non-ortho nitro benzene ring substituents is 1. The molecule has 0 fully saturated rings. The van der Waals surface area contributed by atoms with Crippen LogP contribution in [-0.2, 0) is 4.79 Å². The number of aromatic nitrogens is 2. The van der Waals surface area contributed by atoms with Crippen LogP contribution in [0.5, 0.6) is 0 Å². The lowest BCUT2D eigenvalue weighted by molar-refractivity contribution is -0.384. The predicted molar refractivity (Wildman–Crippen MR) is 73.5 cm³/mol. The summed E-state index contributed by atoms with van der Waals surface area (Å²) in [4.78, 5) is 29.4. The van der Waals surface area contributed by atoms with Crippen LogP contribution in [0.15, 0.2) is 36.5 Å². The van der Waals surface area contributed by atoms with E-state index in [9.17, 15) is 14.9 Å². The first kappa shape index (κ1) is 13.9. The summed E-state index contributed by atoms with van der Waals surface area (Å²) in [6.45, 7) is 0. The lowest BCUT2D eigenvalue weighted by atomic mass is 10.1. The lowest BCUT2D eigenvalue weighted by Crippen LogP contribution is -2.14. The Morgan fingerprint density at radius 3 is 2.90 bits per heavy atom. The van der Waals surface area contributed by atoms with Gasteiger partial charge >= 0.3 is 0 Å². The highest BCUT2D eigenvalue weighted by Crippen LogP contribution is 2.22. The van der Waals surface area contributed by atoms with Crippen LogP contribution in [0.3, 0.4) is 0 Å². The number of rotatable bonds is 4. The normalized spacial score (nSPS) is 10.1. The molecule has 102 valence electrons. The van der Waals surface area contributed by atoms with E-state index in [4.69, 9.17) is 11.6 Å². The number of nitrogens with zero attached hydrogens (tertiary/aromatic N) is 3. The van der Waals surface area contributed by atoms with Crippen LogP contribution in [0.4, 0.5) is 11.6 Å². The van der Waals surface area contributed by atoms with Crippen LogP contribution in [-0.4, -0.2) is 26.7 Å². The topological polar surface area (TPSA) is 98.0 Å². The Bertz CT molecular complexity index is 663. The van der Waals surface area contributed by atoms with Crippen molar-refractivity contribution in [2.45, 2.75) is 0 Å². The van der Waals surface area contributed by atoms with Gasteiger partial charge < -0.3 is 0 Å². The van der Waals surface area contributed by atoms with Gasteiger partial charge in [0.1, 0.15) is 5.88 Å². The molecule has 8 heteroatoms. The van der Waals surface area contributed by atoms with E-state index in [0.717, 1.165) is 0 Å². The number of benzene rings is 1. The fraction of sp³-hybridized carbons (Fsp3) is 0.0833. The van der Waals surface area contributed by atoms with Crippen molar-refractivity contribution in [2.24, 2.45) is 0 Å². The van der Waals surface area contributed by atoms with E-state index in [0.29, 0.717) is 11.3 Å². The van der Waals surface area contributed by atoms with Crippen molar-refractivity contribution < 1.29 is 9.72 Å². The van der Waals surface area contributed by atoms with Crippen molar-refractivity contribution in [2.75, 3.05) is 11.2 Å². The van der Waals surface area contributed by atoms with Crippen molar-refractivity contribution in [1.29, 1.82) is 0 Å². The van der Waals surface area contributed by atoms with Gasteiger partial charge in [-0.25, -0.2) is 9.97 Å². The number of alkyl halides is 1. The number of hydrogen-bond donors (Lipinski definition) is 1. The molecule has 2 aromatic rings. The summed E-state index contributed by atoms with van der Waals surface area (Å²) in [6, 6.07) is 7.63. The van der Waals surface area contributed by atoms with Crippen LogP contribution in [0, 0.1) is 10.1 Å². The van der Waals surface area contributed by atoms with Crippen molar-refractivity contribution in [3.8, 4) is 11.3 Å². The first-order valence-electron chi connectivity index (χ1n) is 5.54. The van der Waals surface area contributed by atoms with E-state index in [-0.39, 0.29) is 17.5 Å². The smallest absolute Gasteiger partial charge is 0.270 e. The largest absolute Gasteiger partial charge is 0.293 e. The molecule has 1 aromatic heterocycles. The van der Waals surface area contributed by atoms with Crippen LogP contribution in [0.2, 0.25) is 0 Å². The molecule has 0 atom stereocenters. The molecule has 0 spiro atoms. The maximum absolute atomic E-state index is 11.2. The average molecular weight is 293 g/mol. The minimum atomic E-state index is -0.485. The number of halogens is 1. The highest BCUT2D eigenvalue weighted by atomic mass is 35.5. The molecule has 0 radical (unpaired) electrons. The fourth-order valence-electron chi connectivity index (χ4n) is 1.52. The standard InChI is InChI=1S/C12H9ClN4O3/c13-7-11(18)16-12-14-5-4-10(15-12)8-2-1-3-9(6-8)17(19)20/h1-6H,7H2,(H,14,15,16,18). The number of hydrogen-bond acceptors (Lipinski definition) is 5. The molecule has 0 saturated heterocycles. The monoisotopic (exact) mass is 292 g/mol. The van der Waals surface area contributed by atoms with E-state index in [1.54, 1.807) is 18.2 Å². The molecule has 0 bridgehead atoms. The quantitative estimate of drug-likeness (QED) is 0.529. The maximum Gasteiger partial charge on any atom is 0.270 e. The highest BCUT2D eigenvalue weighted by molar-refractivity contribution is 6.28. The van der Waals surface area contributed by atoms with Gasteiger partial charge in [0.05, 0.1) is 10.6 Å². The highest BCUT2D eigenvalue weighted by Gasteiger charge is 2.09. The summed E-state index contributed by atoms with van der Waals surface area (Å²) in [5.41, 5.74) is 0.990. The van der Waals surface area contributed by atoms with Gasteiger partial charge in [0, 0.05) is 23.9 Å². The van der Waals surface area contributed by atoms with Crippen LogP contribution < -0.4 is 5.32 Å². The number of nitrogens with one attached hydrogen (secondary N) is 1. The van der Waals surface area contributed by atoms with E-state index in [1.807, 2.05) is 0 Å². The zero-order chi connectivity index (χ0) is 14.5. The van der Waals surface area contributed by atoms with E-state index in [2.05, 4.69) is 15.3 Å². The second-order valence-corrected chi connectivity index (χ2v) is 4.02. The third kappa shape index (κ3) is 3.27. The number of carbonyl (C=O) groups is 1. The van der Waals surface area contributed by atoms with Crippen LogP contribution in [0.25, 0.3) is 11.3 Å². The van der Waals surface area contributed by atoms with Crippen molar-refractivity contribution in [3.05, 3.63) is 46.6 Å². The molecule has 1 N–H and O–H groups in total. The van der Waals surface area contributed by atoms with Gasteiger partial charge in [-0.1, -0.05) is 12.1 Å². The molecule has 0 aliphatic heterocycles. The van der Waals surface area contributed by atoms with Crippen molar-refractivity contribution >= 4 is 29.1 Å². The van der Waals surface area contributed by atoms with Gasteiger partial charge in [0.2, 0.25) is 11.9 Å². The van der Waals surface area contributed by atoms with Gasteiger partial charge in [-0.2, -0.15) is 0 Å². The van der Waals surface area contributed by atoms with Crippen molar-refractivity contribution in [3.63, 3.8) is 0 Å². The summed E-state index contributed by atoms with van der Waals surface area (Å²) < 4.78 is 0. The molecule has 0 aliphatic carbocycles. The summed E-state index contributed by atoms with van der Waals surface area (Å²) in [7, 11) is 0. The fourth-order valence-corrected chi connectivity index (χ4v) is 1.58. The Kier molecular flexibility index (Phi) is 4.21. The van der Waals surface area contributed by atoms with Crippen LogP contribution >= 0.6 is 11.6 Å². The second kappa shape index (κ2) is 6.07. The number of anilines is 1. The summed E-state index contributed by atoms with van der Waals surface area (Å²) in [5, 5.41) is 13.1. The molecule has 0 aliphatic rings. The third-order valence-electron chi connectivity index (χ3n) is 2.38. The Balaban J connectivity index is 2.33. The molecule has 2 rings (SSSR count). The number of nitro benzene ring substituents is 1. The summed E-state index contributed by atoms with van der Waals surface area (Å²) in [5.74, 6) is -0.535. The SMILES string of the molecule is O=C(CCl)Nc1nccc(-c2cccc([N+](=O)[O-])c2)n1. The zero-order valence-electron chi connectivity index (χ0n) is 10.1. The van der Waals surface area contributed by atoms with Gasteiger partial charge in [0.15, 0.2) is 0 Å². The molecule has 1 heterocycles. The van der Waals surface area contributed by atoms with Gasteiger partial charge in [0.25, 0.3) is 5.69 Å². The number of amides is 1. The lowest BCUT2D eigenvalue weighted by Gasteiger charge is -2.04.